The fraction of sp³-hybridized carbons (Fsp3) is 0.900. The first-order chi connectivity index (χ1) is 7.27. The molecular weight excluding hydrogens is 196 g/mol. The Balaban J connectivity index is 2.89. The lowest BCUT2D eigenvalue weighted by Crippen LogP contribution is -2.28. The molecule has 0 bridgehead atoms. The molecule has 0 saturated heterocycles. The fourth-order valence-corrected chi connectivity index (χ4v) is 1.16. The van der Waals surface area contributed by atoms with Crippen LogP contribution in [-0.4, -0.2) is 49.0 Å². The molecular formula is C10H22N2O3. The Kier molecular flexibility index (Phi) is 10.9. The van der Waals surface area contributed by atoms with Gasteiger partial charge in [0.25, 0.3) is 0 Å². The summed E-state index contributed by atoms with van der Waals surface area (Å²) in [7, 11) is 0. The molecule has 0 aromatic carbocycles. The van der Waals surface area contributed by atoms with E-state index in [0.29, 0.717) is 0 Å². The maximum Gasteiger partial charge on any atom is 0.303 e. The molecule has 0 aliphatic heterocycles. The van der Waals surface area contributed by atoms with E-state index in [-0.39, 0.29) is 13.0 Å². The standard InChI is InChI=1S/C10H22N2O3/c13-9-3-6-12-8-7-11-5-2-1-4-10(14)15/h11-13H,1-9H2,(H,14,15). The highest BCUT2D eigenvalue weighted by molar-refractivity contribution is 5.66. The molecule has 0 fully saturated rings. The van der Waals surface area contributed by atoms with Crippen LogP contribution in [0.5, 0.6) is 0 Å². The SMILES string of the molecule is O=C(O)CCCCNCCNCCCO. The Labute approximate surface area is 90.9 Å². The second kappa shape index (κ2) is 11.4. The van der Waals surface area contributed by atoms with Crippen molar-refractivity contribution in [3.63, 3.8) is 0 Å². The van der Waals surface area contributed by atoms with Crippen LogP contribution in [0.4, 0.5) is 0 Å². The van der Waals surface area contributed by atoms with Gasteiger partial charge >= 0.3 is 5.97 Å². The van der Waals surface area contributed by atoms with Crippen LogP contribution in [0.2, 0.25) is 0 Å². The van der Waals surface area contributed by atoms with Gasteiger partial charge in [0.15, 0.2) is 0 Å². The molecule has 0 saturated carbocycles. The molecule has 5 heteroatoms. The van der Waals surface area contributed by atoms with Crippen molar-refractivity contribution in [1.82, 2.24) is 10.6 Å². The number of aliphatic hydroxyl groups excluding tert-OH is 1. The van der Waals surface area contributed by atoms with Crippen molar-refractivity contribution in [2.24, 2.45) is 0 Å². The number of rotatable bonds is 11. The first-order valence-corrected chi connectivity index (χ1v) is 5.51. The van der Waals surface area contributed by atoms with E-state index < -0.39 is 5.97 Å². The van der Waals surface area contributed by atoms with Gasteiger partial charge in [-0.05, 0) is 32.4 Å². The van der Waals surface area contributed by atoms with E-state index in [1.807, 2.05) is 0 Å². The molecule has 0 heterocycles. The smallest absolute Gasteiger partial charge is 0.303 e. The molecule has 0 radical (unpaired) electrons. The Hall–Kier alpha value is -0.650. The summed E-state index contributed by atoms with van der Waals surface area (Å²) >= 11 is 0. The number of carboxylic acids is 1. The zero-order valence-electron chi connectivity index (χ0n) is 9.17. The number of carboxylic acid groups (broad SMARTS) is 1. The molecule has 5 nitrogen and oxygen atoms in total. The number of hydrogen-bond donors (Lipinski definition) is 4. The lowest BCUT2D eigenvalue weighted by molar-refractivity contribution is -0.137. The van der Waals surface area contributed by atoms with Crippen molar-refractivity contribution >= 4 is 5.97 Å². The Morgan fingerprint density at radius 1 is 0.933 bits per heavy atom. The second-order valence-electron chi connectivity index (χ2n) is 3.43. The summed E-state index contributed by atoms with van der Waals surface area (Å²) in [6, 6.07) is 0. The largest absolute Gasteiger partial charge is 0.481 e. The topological polar surface area (TPSA) is 81.6 Å². The second-order valence-corrected chi connectivity index (χ2v) is 3.43. The Morgan fingerprint density at radius 3 is 2.07 bits per heavy atom. The van der Waals surface area contributed by atoms with Crippen LogP contribution in [-0.2, 0) is 4.79 Å². The molecule has 0 atom stereocenters. The number of unbranched alkanes of at least 4 members (excludes halogenated alkanes) is 1. The number of carbonyl (C=O) groups is 1. The van der Waals surface area contributed by atoms with E-state index in [1.165, 1.54) is 0 Å². The third-order valence-electron chi connectivity index (χ3n) is 1.98. The van der Waals surface area contributed by atoms with Crippen LogP contribution < -0.4 is 10.6 Å². The Bertz CT molecular complexity index is 154. The van der Waals surface area contributed by atoms with Crippen molar-refractivity contribution in [1.29, 1.82) is 0 Å². The lowest BCUT2D eigenvalue weighted by atomic mass is 10.2. The minimum absolute atomic E-state index is 0.232. The molecule has 4 N–H and O–H groups in total. The number of hydrogen-bond acceptors (Lipinski definition) is 4. The molecule has 0 aliphatic rings. The Morgan fingerprint density at radius 2 is 1.53 bits per heavy atom. The average Bonchev–Trinajstić information content (AvgIpc) is 2.20. The number of aliphatic carboxylic acids is 1. The average molecular weight is 218 g/mol. The molecule has 0 amide bonds. The highest BCUT2D eigenvalue weighted by Crippen LogP contribution is 1.92. The zero-order chi connectivity index (χ0) is 11.4. The molecule has 0 aromatic heterocycles. The summed E-state index contributed by atoms with van der Waals surface area (Å²) in [4.78, 5) is 10.2. The predicted molar refractivity (Wildman–Crippen MR) is 58.9 cm³/mol. The van der Waals surface area contributed by atoms with Crippen LogP contribution in [0.25, 0.3) is 0 Å². The highest BCUT2D eigenvalue weighted by Gasteiger charge is 1.95. The molecule has 0 aliphatic carbocycles. The molecule has 0 unspecified atom stereocenters. The third kappa shape index (κ3) is 13.3. The van der Waals surface area contributed by atoms with Crippen LogP contribution in [0, 0.1) is 0 Å². The van der Waals surface area contributed by atoms with E-state index >= 15 is 0 Å². The molecule has 0 spiro atoms. The highest BCUT2D eigenvalue weighted by atomic mass is 16.4. The fourth-order valence-electron chi connectivity index (χ4n) is 1.16. The predicted octanol–water partition coefficient (Wildman–Crippen LogP) is -0.197. The minimum Gasteiger partial charge on any atom is -0.481 e. The summed E-state index contributed by atoms with van der Waals surface area (Å²) in [5.41, 5.74) is 0. The normalized spacial score (nSPS) is 10.5. The number of aliphatic hydroxyl groups is 1. The van der Waals surface area contributed by atoms with Gasteiger partial charge in [-0.2, -0.15) is 0 Å². The maximum atomic E-state index is 10.2. The van der Waals surface area contributed by atoms with Gasteiger partial charge in [0, 0.05) is 26.1 Å². The molecule has 15 heavy (non-hydrogen) atoms. The van der Waals surface area contributed by atoms with E-state index in [1.54, 1.807) is 0 Å². The molecule has 90 valence electrons. The van der Waals surface area contributed by atoms with Crippen LogP contribution in [0.1, 0.15) is 25.7 Å². The van der Waals surface area contributed by atoms with E-state index in [2.05, 4.69) is 10.6 Å². The van der Waals surface area contributed by atoms with Crippen LogP contribution >= 0.6 is 0 Å². The third-order valence-corrected chi connectivity index (χ3v) is 1.98. The monoisotopic (exact) mass is 218 g/mol. The molecule has 0 rings (SSSR count). The first-order valence-electron chi connectivity index (χ1n) is 5.51. The summed E-state index contributed by atoms with van der Waals surface area (Å²) in [6.07, 6.45) is 2.69. The van der Waals surface area contributed by atoms with Gasteiger partial charge in [0.1, 0.15) is 0 Å². The van der Waals surface area contributed by atoms with E-state index in [9.17, 15) is 4.79 Å². The lowest BCUT2D eigenvalue weighted by Gasteiger charge is -2.05. The van der Waals surface area contributed by atoms with E-state index in [0.717, 1.165) is 45.4 Å². The van der Waals surface area contributed by atoms with Crippen molar-refractivity contribution in [3.05, 3.63) is 0 Å². The van der Waals surface area contributed by atoms with Crippen LogP contribution in [0.3, 0.4) is 0 Å². The van der Waals surface area contributed by atoms with Crippen LogP contribution in [0.15, 0.2) is 0 Å². The van der Waals surface area contributed by atoms with Gasteiger partial charge < -0.3 is 20.8 Å². The maximum absolute atomic E-state index is 10.2. The van der Waals surface area contributed by atoms with Gasteiger partial charge in [-0.15, -0.1) is 0 Å². The van der Waals surface area contributed by atoms with Crippen molar-refractivity contribution in [3.8, 4) is 0 Å². The van der Waals surface area contributed by atoms with Gasteiger partial charge in [-0.1, -0.05) is 0 Å². The quantitative estimate of drug-likeness (QED) is 0.361. The summed E-state index contributed by atoms with van der Waals surface area (Å²) in [5.74, 6) is -0.722. The first kappa shape index (κ1) is 14.3. The van der Waals surface area contributed by atoms with Gasteiger partial charge in [0.05, 0.1) is 0 Å². The summed E-state index contributed by atoms with van der Waals surface area (Å²) < 4.78 is 0. The van der Waals surface area contributed by atoms with Gasteiger partial charge in [-0.3, -0.25) is 4.79 Å². The zero-order valence-corrected chi connectivity index (χ0v) is 9.17. The van der Waals surface area contributed by atoms with Crippen molar-refractivity contribution < 1.29 is 15.0 Å². The van der Waals surface area contributed by atoms with Gasteiger partial charge in [-0.25, -0.2) is 0 Å². The van der Waals surface area contributed by atoms with E-state index in [4.69, 9.17) is 10.2 Å². The van der Waals surface area contributed by atoms with Crippen molar-refractivity contribution in [2.75, 3.05) is 32.8 Å². The summed E-state index contributed by atoms with van der Waals surface area (Å²) in [5, 5.41) is 23.3. The van der Waals surface area contributed by atoms with Gasteiger partial charge in [0.2, 0.25) is 0 Å². The number of nitrogens with one attached hydrogen (secondary N) is 2. The van der Waals surface area contributed by atoms with Crippen molar-refractivity contribution in [2.45, 2.75) is 25.7 Å². The molecule has 0 aromatic rings. The summed E-state index contributed by atoms with van der Waals surface area (Å²) in [6.45, 7) is 3.72. The minimum atomic E-state index is -0.722.